The van der Waals surface area contributed by atoms with Gasteiger partial charge in [-0.25, -0.2) is 0 Å². The summed E-state index contributed by atoms with van der Waals surface area (Å²) in [7, 11) is 0. The molecule has 0 saturated carbocycles. The van der Waals surface area contributed by atoms with Crippen molar-refractivity contribution in [3.8, 4) is 0 Å². The fraction of sp³-hybridized carbons (Fsp3) is 0.333. The van der Waals surface area contributed by atoms with E-state index in [0.29, 0.717) is 8.79 Å². The second kappa shape index (κ2) is 5.56. The van der Waals surface area contributed by atoms with Crippen LogP contribution in [0.2, 0.25) is 0 Å². The molecular weight excluding hydrogens is 327 g/mol. The Balaban J connectivity index is 2.74. The van der Waals surface area contributed by atoms with Gasteiger partial charge in [0, 0.05) is 0 Å². The first-order valence-electron chi connectivity index (χ1n) is 7.19. The quantitative estimate of drug-likeness (QED) is 0.719. The van der Waals surface area contributed by atoms with Crippen molar-refractivity contribution in [1.82, 2.24) is 0 Å². The molecule has 2 aromatic rings. The van der Waals surface area contributed by atoms with Gasteiger partial charge in [-0.05, 0) is 0 Å². The number of hydrogen-bond acceptors (Lipinski definition) is 0. The molecule has 0 unspecified atom stereocenters. The molecule has 0 nitrogen and oxygen atoms in total. The molecule has 0 fully saturated rings. The van der Waals surface area contributed by atoms with Crippen molar-refractivity contribution in [3.05, 3.63) is 57.6 Å². The van der Waals surface area contributed by atoms with E-state index in [0.717, 1.165) is 33.4 Å². The molecule has 0 aromatic heterocycles. The predicted octanol–water partition coefficient (Wildman–Crippen LogP) is 4.03. The van der Waals surface area contributed by atoms with Crippen LogP contribution in [-0.4, -0.2) is 14.2 Å². The van der Waals surface area contributed by atoms with Crippen molar-refractivity contribution < 1.29 is 7.00 Å². The fourth-order valence-electron chi connectivity index (χ4n) is 3.48. The Morgan fingerprint density at radius 1 is 0.571 bits per heavy atom. The number of halogens is 2. The Bertz CT molecular complexity index is 597. The molecule has 0 N–H and O–H groups in total. The van der Waals surface area contributed by atoms with Gasteiger partial charge in [0.1, 0.15) is 0 Å². The molecule has 0 spiro atoms. The zero-order valence-corrected chi connectivity index (χ0v) is 15.7. The molecule has 0 aliphatic rings. The summed E-state index contributed by atoms with van der Waals surface area (Å²) in [6.07, 6.45) is 0. The van der Waals surface area contributed by atoms with E-state index < -0.39 is 14.2 Å². The van der Waals surface area contributed by atoms with Gasteiger partial charge < -0.3 is 0 Å². The van der Waals surface area contributed by atoms with Crippen molar-refractivity contribution in [3.63, 3.8) is 0 Å². The maximum atomic E-state index is 15.4. The Kier molecular flexibility index (Phi) is 4.29. The Hall–Kier alpha value is -1.16. The molecule has 112 valence electrons. The zero-order valence-electron chi connectivity index (χ0n) is 13.6. The fourth-order valence-corrected chi connectivity index (χ4v) is 8.76. The SMILES string of the molecule is Cc1cc(C)[c]([Ge]([F])([F])[c]2c(C)cc(C)cc2C)c(C)c1. The van der Waals surface area contributed by atoms with E-state index >= 15 is 7.00 Å². The minimum absolute atomic E-state index is 0.329. The Morgan fingerprint density at radius 3 is 1.05 bits per heavy atom. The van der Waals surface area contributed by atoms with Crippen LogP contribution in [0.4, 0.5) is 7.00 Å². The molecule has 0 bridgehead atoms. The van der Waals surface area contributed by atoms with E-state index in [1.54, 1.807) is 0 Å². The van der Waals surface area contributed by atoms with Crippen molar-refractivity contribution in [2.24, 2.45) is 0 Å². The van der Waals surface area contributed by atoms with E-state index in [1.165, 1.54) is 0 Å². The van der Waals surface area contributed by atoms with Crippen LogP contribution in [0.15, 0.2) is 24.3 Å². The summed E-state index contributed by atoms with van der Waals surface area (Å²) < 4.78 is 31.4. The molecule has 0 aliphatic carbocycles. The Labute approximate surface area is 129 Å². The first-order valence-corrected chi connectivity index (χ1v) is 10.9. The molecule has 0 saturated heterocycles. The van der Waals surface area contributed by atoms with Crippen molar-refractivity contribution in [2.45, 2.75) is 41.5 Å². The van der Waals surface area contributed by atoms with Crippen LogP contribution in [0.1, 0.15) is 33.4 Å². The van der Waals surface area contributed by atoms with E-state index in [1.807, 2.05) is 65.8 Å². The summed E-state index contributed by atoms with van der Waals surface area (Å²) in [5.74, 6) is 0. The third-order valence-corrected chi connectivity index (χ3v) is 9.93. The first kappa shape index (κ1) is 16.2. The summed E-state index contributed by atoms with van der Waals surface area (Å²) in [5.41, 5.74) is 5.02. The molecule has 0 heterocycles. The average Bonchev–Trinajstić information content (AvgIpc) is 2.23. The molecule has 3 heteroatoms. The second-order valence-corrected chi connectivity index (χ2v) is 10.6. The number of aryl methyl sites for hydroxylation is 6. The van der Waals surface area contributed by atoms with Crippen LogP contribution in [-0.2, 0) is 0 Å². The molecule has 21 heavy (non-hydrogen) atoms. The van der Waals surface area contributed by atoms with Gasteiger partial charge in [0.05, 0.1) is 0 Å². The van der Waals surface area contributed by atoms with Gasteiger partial charge in [0.15, 0.2) is 0 Å². The van der Waals surface area contributed by atoms with Crippen molar-refractivity contribution in [1.29, 1.82) is 0 Å². The maximum absolute atomic E-state index is 15.4. The predicted molar refractivity (Wildman–Crippen MR) is 88.5 cm³/mol. The summed E-state index contributed by atoms with van der Waals surface area (Å²) in [4.78, 5) is 0. The molecule has 0 atom stereocenters. The van der Waals surface area contributed by atoms with Crippen LogP contribution in [0.3, 0.4) is 0 Å². The van der Waals surface area contributed by atoms with Gasteiger partial charge in [0.25, 0.3) is 0 Å². The third-order valence-electron chi connectivity index (χ3n) is 3.98. The van der Waals surface area contributed by atoms with Crippen LogP contribution < -0.4 is 8.79 Å². The van der Waals surface area contributed by atoms with E-state index in [4.69, 9.17) is 0 Å². The zero-order chi connectivity index (χ0) is 15.9. The third kappa shape index (κ3) is 2.91. The van der Waals surface area contributed by atoms with Crippen LogP contribution >= 0.6 is 0 Å². The molecular formula is C18H22F2Ge. The molecule has 0 radical (unpaired) electrons. The van der Waals surface area contributed by atoms with E-state index in [-0.39, 0.29) is 0 Å². The van der Waals surface area contributed by atoms with Crippen LogP contribution in [0, 0.1) is 41.5 Å². The van der Waals surface area contributed by atoms with Crippen LogP contribution in [0.25, 0.3) is 0 Å². The first-order chi connectivity index (χ1) is 9.64. The normalized spacial score (nSPS) is 11.8. The summed E-state index contributed by atoms with van der Waals surface area (Å²) >= 11 is -5.28. The Morgan fingerprint density at radius 2 is 0.810 bits per heavy atom. The summed E-state index contributed by atoms with van der Waals surface area (Å²) in [5, 5.41) is 0. The second-order valence-electron chi connectivity index (χ2n) is 6.12. The molecule has 0 amide bonds. The van der Waals surface area contributed by atoms with E-state index in [9.17, 15) is 0 Å². The number of benzene rings is 2. The molecule has 2 aromatic carbocycles. The molecule has 2 rings (SSSR count). The summed E-state index contributed by atoms with van der Waals surface area (Å²) in [6.45, 7) is 11.2. The van der Waals surface area contributed by atoms with Gasteiger partial charge in [-0.15, -0.1) is 0 Å². The molecule has 0 aliphatic heterocycles. The van der Waals surface area contributed by atoms with Gasteiger partial charge in [-0.3, -0.25) is 0 Å². The van der Waals surface area contributed by atoms with E-state index in [2.05, 4.69) is 0 Å². The van der Waals surface area contributed by atoms with Crippen molar-refractivity contribution in [2.75, 3.05) is 0 Å². The number of hydrogen-bond donors (Lipinski definition) is 0. The summed E-state index contributed by atoms with van der Waals surface area (Å²) in [6, 6.07) is 7.50. The monoisotopic (exact) mass is 350 g/mol. The number of rotatable bonds is 2. The van der Waals surface area contributed by atoms with Gasteiger partial charge in [-0.2, -0.15) is 0 Å². The van der Waals surface area contributed by atoms with Crippen molar-refractivity contribution >= 4 is 23.0 Å². The van der Waals surface area contributed by atoms with Gasteiger partial charge >= 0.3 is 129 Å². The minimum atomic E-state index is -5.28. The van der Waals surface area contributed by atoms with Gasteiger partial charge in [-0.1, -0.05) is 0 Å². The van der Waals surface area contributed by atoms with Gasteiger partial charge in [0.2, 0.25) is 0 Å². The van der Waals surface area contributed by atoms with Crippen LogP contribution in [0.5, 0.6) is 0 Å². The topological polar surface area (TPSA) is 0 Å². The average molecular weight is 349 g/mol. The standard InChI is InChI=1S/C18H22F2Ge/c1-11-7-13(3)17(14(4)8-11)21(19,20)18-15(5)9-12(2)10-16(18)6/h7-10H,1-6H3.